The third-order valence-electron chi connectivity index (χ3n) is 5.99. The Morgan fingerprint density at radius 1 is 1.00 bits per heavy atom. The maximum atomic E-state index is 12.5. The number of carbonyl (C=O) groups is 1. The third-order valence-corrected chi connectivity index (χ3v) is 5.99. The van der Waals surface area contributed by atoms with Gasteiger partial charge in [-0.2, -0.15) is 5.10 Å². The van der Waals surface area contributed by atoms with E-state index in [-0.39, 0.29) is 5.41 Å². The lowest BCUT2D eigenvalue weighted by molar-refractivity contribution is 0.0514. The Kier molecular flexibility index (Phi) is 5.10. The molecular formula is C27H25N3O2. The molecule has 0 radical (unpaired) electrons. The number of fused-ring (bicyclic) bond motifs is 2. The van der Waals surface area contributed by atoms with Gasteiger partial charge in [-0.25, -0.2) is 4.79 Å². The molecule has 0 unspecified atom stereocenters. The highest BCUT2D eigenvalue weighted by Gasteiger charge is 2.34. The molecule has 1 aliphatic carbocycles. The molecule has 1 aliphatic rings. The molecule has 1 heterocycles. The molecule has 3 aromatic carbocycles. The second-order valence-corrected chi connectivity index (χ2v) is 9.14. The number of aromatic nitrogens is 2. The van der Waals surface area contributed by atoms with Crippen LogP contribution in [0.1, 0.15) is 53.1 Å². The SMILES string of the molecule is CC1(C)CC(=NOC(=O)c2ccccc2)c2c(Cc3cccc4ccccc34)n[nH]c2C1. The van der Waals surface area contributed by atoms with Crippen LogP contribution in [0.2, 0.25) is 0 Å². The Labute approximate surface area is 187 Å². The zero-order valence-electron chi connectivity index (χ0n) is 18.3. The molecule has 32 heavy (non-hydrogen) atoms. The van der Waals surface area contributed by atoms with E-state index in [9.17, 15) is 4.79 Å². The van der Waals surface area contributed by atoms with E-state index in [4.69, 9.17) is 4.84 Å². The van der Waals surface area contributed by atoms with Crippen LogP contribution in [0, 0.1) is 5.41 Å². The number of benzene rings is 3. The second kappa shape index (κ2) is 8.08. The first kappa shape index (κ1) is 20.2. The van der Waals surface area contributed by atoms with Gasteiger partial charge in [0.05, 0.1) is 17.0 Å². The Morgan fingerprint density at radius 2 is 1.75 bits per heavy atom. The monoisotopic (exact) mass is 423 g/mol. The number of nitrogens with one attached hydrogen (secondary N) is 1. The Morgan fingerprint density at radius 3 is 2.59 bits per heavy atom. The van der Waals surface area contributed by atoms with Gasteiger partial charge < -0.3 is 4.84 Å². The lowest BCUT2D eigenvalue weighted by Gasteiger charge is -2.29. The molecule has 0 amide bonds. The number of carbonyl (C=O) groups excluding carboxylic acids is 1. The van der Waals surface area contributed by atoms with Crippen molar-refractivity contribution >= 4 is 22.5 Å². The molecule has 4 aromatic rings. The molecule has 5 rings (SSSR count). The molecule has 1 aromatic heterocycles. The molecular weight excluding hydrogens is 398 g/mol. The number of nitrogens with zero attached hydrogens (tertiary/aromatic N) is 2. The summed E-state index contributed by atoms with van der Waals surface area (Å²) in [5, 5.41) is 14.7. The number of H-pyrrole nitrogens is 1. The molecule has 1 N–H and O–H groups in total. The van der Waals surface area contributed by atoms with Crippen molar-refractivity contribution in [3.63, 3.8) is 0 Å². The highest BCUT2D eigenvalue weighted by molar-refractivity contribution is 6.04. The van der Waals surface area contributed by atoms with Gasteiger partial charge in [0.2, 0.25) is 0 Å². The summed E-state index contributed by atoms with van der Waals surface area (Å²) in [7, 11) is 0. The lowest BCUT2D eigenvalue weighted by atomic mass is 9.75. The number of hydrogen-bond acceptors (Lipinski definition) is 4. The van der Waals surface area contributed by atoms with Gasteiger partial charge in [0.15, 0.2) is 0 Å². The molecule has 0 saturated heterocycles. The fourth-order valence-corrected chi connectivity index (χ4v) is 4.53. The Bertz CT molecular complexity index is 1310. The van der Waals surface area contributed by atoms with Gasteiger partial charge in [0.25, 0.3) is 0 Å². The molecule has 0 fully saturated rings. The van der Waals surface area contributed by atoms with E-state index in [1.807, 2.05) is 18.2 Å². The predicted octanol–water partition coefficient (Wildman–Crippen LogP) is 5.69. The van der Waals surface area contributed by atoms with Crippen LogP contribution in [0.5, 0.6) is 0 Å². The van der Waals surface area contributed by atoms with Gasteiger partial charge in [-0.1, -0.05) is 79.7 Å². The molecule has 160 valence electrons. The molecule has 0 bridgehead atoms. The lowest BCUT2D eigenvalue weighted by Crippen LogP contribution is -2.28. The fourth-order valence-electron chi connectivity index (χ4n) is 4.53. The minimum atomic E-state index is -0.456. The van der Waals surface area contributed by atoms with E-state index in [0.717, 1.165) is 29.1 Å². The van der Waals surface area contributed by atoms with Crippen molar-refractivity contribution in [1.29, 1.82) is 0 Å². The zero-order valence-corrected chi connectivity index (χ0v) is 18.3. The summed E-state index contributed by atoms with van der Waals surface area (Å²) in [6, 6.07) is 23.7. The summed E-state index contributed by atoms with van der Waals surface area (Å²) in [6.07, 6.45) is 2.26. The normalized spacial score (nSPS) is 16.1. The van der Waals surface area contributed by atoms with Crippen LogP contribution < -0.4 is 0 Å². The largest absolute Gasteiger partial charge is 0.365 e. The smallest absolute Gasteiger partial charge is 0.313 e. The number of oxime groups is 1. The van der Waals surface area contributed by atoms with Crippen molar-refractivity contribution in [3.8, 4) is 0 Å². The van der Waals surface area contributed by atoms with E-state index in [1.165, 1.54) is 16.3 Å². The summed E-state index contributed by atoms with van der Waals surface area (Å²) in [4.78, 5) is 17.8. The molecule has 0 spiro atoms. The second-order valence-electron chi connectivity index (χ2n) is 9.14. The fraction of sp³-hybridized carbons (Fsp3) is 0.222. The van der Waals surface area contributed by atoms with Gasteiger partial charge in [-0.3, -0.25) is 5.10 Å². The molecule has 0 aliphatic heterocycles. The minimum absolute atomic E-state index is 0.00572. The molecule has 5 nitrogen and oxygen atoms in total. The Balaban J connectivity index is 1.50. The van der Waals surface area contributed by atoms with Crippen molar-refractivity contribution in [2.75, 3.05) is 0 Å². The molecule has 5 heteroatoms. The van der Waals surface area contributed by atoms with Crippen LogP contribution >= 0.6 is 0 Å². The highest BCUT2D eigenvalue weighted by Crippen LogP contribution is 2.36. The van der Waals surface area contributed by atoms with Gasteiger partial charge in [0, 0.05) is 17.7 Å². The van der Waals surface area contributed by atoms with E-state index in [1.54, 1.807) is 12.1 Å². The zero-order chi connectivity index (χ0) is 22.1. The predicted molar refractivity (Wildman–Crippen MR) is 126 cm³/mol. The summed E-state index contributed by atoms with van der Waals surface area (Å²) >= 11 is 0. The van der Waals surface area contributed by atoms with Crippen LogP contribution in [-0.2, 0) is 17.7 Å². The van der Waals surface area contributed by atoms with Crippen molar-refractivity contribution in [1.82, 2.24) is 10.2 Å². The van der Waals surface area contributed by atoms with Crippen LogP contribution in [0.15, 0.2) is 78.0 Å². The van der Waals surface area contributed by atoms with Gasteiger partial charge in [-0.05, 0) is 46.7 Å². The van der Waals surface area contributed by atoms with Gasteiger partial charge in [-0.15, -0.1) is 0 Å². The quantitative estimate of drug-likeness (QED) is 0.339. The standard InChI is InChI=1S/C27H25N3O2/c1-27(2)16-23-25(24(17-27)30-32-26(31)19-10-4-3-5-11-19)22(28-29-23)15-20-13-8-12-18-9-6-7-14-21(18)20/h3-14H,15-17H2,1-2H3,(H,28,29). The van der Waals surface area contributed by atoms with E-state index >= 15 is 0 Å². The third kappa shape index (κ3) is 3.94. The average molecular weight is 424 g/mol. The van der Waals surface area contributed by atoms with Crippen molar-refractivity contribution in [2.24, 2.45) is 10.6 Å². The maximum absolute atomic E-state index is 12.5. The topological polar surface area (TPSA) is 67.3 Å². The van der Waals surface area contributed by atoms with Gasteiger partial charge >= 0.3 is 5.97 Å². The van der Waals surface area contributed by atoms with Crippen LogP contribution in [0.4, 0.5) is 0 Å². The number of rotatable bonds is 4. The first-order valence-electron chi connectivity index (χ1n) is 10.9. The van der Waals surface area contributed by atoms with Crippen molar-refractivity contribution in [3.05, 3.63) is 101 Å². The van der Waals surface area contributed by atoms with Crippen LogP contribution in [0.3, 0.4) is 0 Å². The highest BCUT2D eigenvalue weighted by atomic mass is 16.7. The molecule has 0 saturated carbocycles. The minimum Gasteiger partial charge on any atom is -0.313 e. The molecule has 0 atom stereocenters. The van der Waals surface area contributed by atoms with Crippen LogP contribution in [-0.4, -0.2) is 21.9 Å². The summed E-state index contributed by atoms with van der Waals surface area (Å²) in [5.74, 6) is -0.456. The van der Waals surface area contributed by atoms with Gasteiger partial charge in [0.1, 0.15) is 0 Å². The summed E-state index contributed by atoms with van der Waals surface area (Å²) in [6.45, 7) is 4.38. The summed E-state index contributed by atoms with van der Waals surface area (Å²) in [5.41, 5.74) is 5.42. The first-order valence-corrected chi connectivity index (χ1v) is 10.9. The van der Waals surface area contributed by atoms with E-state index < -0.39 is 5.97 Å². The van der Waals surface area contributed by atoms with E-state index in [0.29, 0.717) is 18.4 Å². The maximum Gasteiger partial charge on any atom is 0.365 e. The van der Waals surface area contributed by atoms with Crippen molar-refractivity contribution in [2.45, 2.75) is 33.1 Å². The number of aromatic amines is 1. The number of hydrogen-bond donors (Lipinski definition) is 1. The average Bonchev–Trinajstić information content (AvgIpc) is 3.19. The first-order chi connectivity index (χ1) is 15.5. The van der Waals surface area contributed by atoms with E-state index in [2.05, 4.69) is 71.7 Å². The summed E-state index contributed by atoms with van der Waals surface area (Å²) < 4.78 is 0. The Hall–Kier alpha value is -3.73. The van der Waals surface area contributed by atoms with Crippen molar-refractivity contribution < 1.29 is 9.63 Å². The van der Waals surface area contributed by atoms with Crippen LogP contribution in [0.25, 0.3) is 10.8 Å².